The highest BCUT2D eigenvalue weighted by Gasteiger charge is 2.07. The van der Waals surface area contributed by atoms with Gasteiger partial charge >= 0.3 is 5.63 Å². The van der Waals surface area contributed by atoms with Crippen molar-refractivity contribution in [2.75, 3.05) is 0 Å². The summed E-state index contributed by atoms with van der Waals surface area (Å²) in [5.41, 5.74) is 3.07. The van der Waals surface area contributed by atoms with E-state index in [0.29, 0.717) is 11.6 Å². The van der Waals surface area contributed by atoms with E-state index < -0.39 is 5.63 Å². The summed E-state index contributed by atoms with van der Waals surface area (Å²) in [5.74, 6) is 0.344. The first-order valence-corrected chi connectivity index (χ1v) is 6.37. The molecule has 0 spiro atoms. The van der Waals surface area contributed by atoms with Crippen molar-refractivity contribution in [3.8, 4) is 22.7 Å². The van der Waals surface area contributed by atoms with Crippen molar-refractivity contribution in [2.24, 2.45) is 0 Å². The number of hydrogen-bond donors (Lipinski definition) is 0. The molecule has 3 rings (SSSR count). The number of benzene rings is 2. The van der Waals surface area contributed by atoms with Crippen molar-refractivity contribution in [3.63, 3.8) is 0 Å². The molecule has 0 atom stereocenters. The van der Waals surface area contributed by atoms with Crippen molar-refractivity contribution in [2.45, 2.75) is 6.92 Å². The van der Waals surface area contributed by atoms with Crippen LogP contribution in [0.4, 0.5) is 0 Å². The minimum absolute atomic E-state index is 0.344. The minimum atomic E-state index is -0.394. The third-order valence-corrected chi connectivity index (χ3v) is 3.04. The van der Waals surface area contributed by atoms with Crippen LogP contribution in [0.5, 0.6) is 0 Å². The van der Waals surface area contributed by atoms with Gasteiger partial charge in [0.2, 0.25) is 5.89 Å². The fourth-order valence-electron chi connectivity index (χ4n) is 1.98. The largest absolute Gasteiger partial charge is 0.404 e. The van der Waals surface area contributed by atoms with Crippen molar-refractivity contribution in [1.29, 1.82) is 0 Å². The van der Waals surface area contributed by atoms with Crippen LogP contribution in [0.15, 0.2) is 69.9 Å². The Morgan fingerprint density at radius 2 is 1.60 bits per heavy atom. The second-order valence-electron chi connectivity index (χ2n) is 4.60. The van der Waals surface area contributed by atoms with Crippen molar-refractivity contribution in [3.05, 3.63) is 76.6 Å². The maximum absolute atomic E-state index is 11.7. The van der Waals surface area contributed by atoms with E-state index in [0.717, 1.165) is 16.7 Å². The zero-order chi connectivity index (χ0) is 13.9. The zero-order valence-corrected chi connectivity index (χ0v) is 11.0. The van der Waals surface area contributed by atoms with E-state index in [-0.39, 0.29) is 0 Å². The summed E-state index contributed by atoms with van der Waals surface area (Å²) < 4.78 is 5.20. The first-order chi connectivity index (χ1) is 9.72. The molecule has 0 amide bonds. The number of nitrogens with zero attached hydrogens (tertiary/aromatic N) is 1. The molecule has 0 bridgehead atoms. The Labute approximate surface area is 116 Å². The normalized spacial score (nSPS) is 10.4. The lowest BCUT2D eigenvalue weighted by Crippen LogP contribution is -2.01. The average molecular weight is 263 g/mol. The molecule has 0 radical (unpaired) electrons. The van der Waals surface area contributed by atoms with Crippen LogP contribution in [0, 0.1) is 6.92 Å². The van der Waals surface area contributed by atoms with E-state index in [2.05, 4.69) is 4.98 Å². The topological polar surface area (TPSA) is 43.1 Å². The van der Waals surface area contributed by atoms with Gasteiger partial charge in [-0.15, -0.1) is 0 Å². The van der Waals surface area contributed by atoms with Gasteiger partial charge in [-0.2, -0.15) is 0 Å². The summed E-state index contributed by atoms with van der Waals surface area (Å²) >= 11 is 0. The van der Waals surface area contributed by atoms with Gasteiger partial charge in [-0.3, -0.25) is 0 Å². The first kappa shape index (κ1) is 12.4. The molecule has 0 N–H and O–H groups in total. The van der Waals surface area contributed by atoms with Crippen molar-refractivity contribution in [1.82, 2.24) is 4.98 Å². The zero-order valence-electron chi connectivity index (χ0n) is 11.0. The molecule has 3 heteroatoms. The second-order valence-corrected chi connectivity index (χ2v) is 4.60. The van der Waals surface area contributed by atoms with Crippen molar-refractivity contribution < 1.29 is 4.42 Å². The molecule has 0 aliphatic heterocycles. The summed E-state index contributed by atoms with van der Waals surface area (Å²) in [4.78, 5) is 16.2. The van der Waals surface area contributed by atoms with Gasteiger partial charge in [0.05, 0.1) is 11.8 Å². The van der Waals surface area contributed by atoms with E-state index >= 15 is 0 Å². The fourth-order valence-corrected chi connectivity index (χ4v) is 1.98. The molecule has 1 aromatic heterocycles. The highest BCUT2D eigenvalue weighted by atomic mass is 16.4. The van der Waals surface area contributed by atoms with Crippen LogP contribution in [-0.4, -0.2) is 4.98 Å². The minimum Gasteiger partial charge on any atom is -0.404 e. The van der Waals surface area contributed by atoms with Crippen LogP contribution >= 0.6 is 0 Å². The maximum atomic E-state index is 11.7. The Hall–Kier alpha value is -2.68. The first-order valence-electron chi connectivity index (χ1n) is 6.37. The maximum Gasteiger partial charge on any atom is 0.339 e. The lowest BCUT2D eigenvalue weighted by atomic mass is 10.1. The molecule has 3 aromatic rings. The average Bonchev–Trinajstić information content (AvgIpc) is 2.48. The number of aryl methyl sites for hydroxylation is 1. The molecule has 0 aliphatic rings. The third-order valence-electron chi connectivity index (χ3n) is 3.04. The standard InChI is InChI=1S/C17H13NO2/c1-12-7-9-14(10-8-12)17-18-15(11-16(19)20-17)13-5-3-2-4-6-13/h2-11H,1H3. The predicted octanol–water partition coefficient (Wildman–Crippen LogP) is 3.68. The van der Waals surface area contributed by atoms with E-state index in [4.69, 9.17) is 4.42 Å². The Morgan fingerprint density at radius 3 is 2.30 bits per heavy atom. The van der Waals surface area contributed by atoms with Crippen molar-refractivity contribution >= 4 is 0 Å². The lowest BCUT2D eigenvalue weighted by Gasteiger charge is -2.03. The molecular weight excluding hydrogens is 250 g/mol. The fraction of sp³-hybridized carbons (Fsp3) is 0.0588. The number of rotatable bonds is 2. The molecule has 2 aromatic carbocycles. The van der Waals surface area contributed by atoms with Gasteiger partial charge in [-0.05, 0) is 19.1 Å². The van der Waals surface area contributed by atoms with E-state index in [1.54, 1.807) is 0 Å². The van der Waals surface area contributed by atoms with Crippen LogP contribution in [0.1, 0.15) is 5.56 Å². The molecule has 0 aliphatic carbocycles. The molecule has 20 heavy (non-hydrogen) atoms. The molecule has 0 fully saturated rings. The summed E-state index contributed by atoms with van der Waals surface area (Å²) in [6.07, 6.45) is 0. The van der Waals surface area contributed by atoms with Gasteiger partial charge in [0, 0.05) is 11.1 Å². The summed E-state index contributed by atoms with van der Waals surface area (Å²) in [7, 11) is 0. The molecular formula is C17H13NO2. The lowest BCUT2D eigenvalue weighted by molar-refractivity contribution is 0.508. The number of aromatic nitrogens is 1. The highest BCUT2D eigenvalue weighted by Crippen LogP contribution is 2.21. The molecule has 0 unspecified atom stereocenters. The van der Waals surface area contributed by atoms with Crippen LogP contribution in [0.3, 0.4) is 0 Å². The predicted molar refractivity (Wildman–Crippen MR) is 78.4 cm³/mol. The quantitative estimate of drug-likeness (QED) is 0.708. The molecule has 1 heterocycles. The molecule has 0 saturated heterocycles. The Bertz CT molecular complexity index is 774. The van der Waals surface area contributed by atoms with Crippen LogP contribution in [0.2, 0.25) is 0 Å². The van der Waals surface area contributed by atoms with Gasteiger partial charge in [-0.25, -0.2) is 9.78 Å². The highest BCUT2D eigenvalue weighted by molar-refractivity contribution is 5.62. The monoisotopic (exact) mass is 263 g/mol. The van der Waals surface area contributed by atoms with Gasteiger partial charge in [0.1, 0.15) is 0 Å². The van der Waals surface area contributed by atoms with Gasteiger partial charge in [0.15, 0.2) is 0 Å². The Balaban J connectivity index is 2.12. The molecule has 3 nitrogen and oxygen atoms in total. The van der Waals surface area contributed by atoms with Crippen LogP contribution in [0.25, 0.3) is 22.7 Å². The van der Waals surface area contributed by atoms with Gasteiger partial charge < -0.3 is 4.42 Å². The summed E-state index contributed by atoms with van der Waals surface area (Å²) in [6, 6.07) is 18.7. The van der Waals surface area contributed by atoms with Gasteiger partial charge in [0.25, 0.3) is 0 Å². The smallest absolute Gasteiger partial charge is 0.339 e. The molecule has 0 saturated carbocycles. The SMILES string of the molecule is Cc1ccc(-c2nc(-c3ccccc3)cc(=O)o2)cc1. The molecule has 98 valence electrons. The van der Waals surface area contributed by atoms with E-state index in [1.165, 1.54) is 6.07 Å². The Kier molecular flexibility index (Phi) is 3.17. The van der Waals surface area contributed by atoms with Crippen LogP contribution in [-0.2, 0) is 0 Å². The Morgan fingerprint density at radius 1 is 0.900 bits per heavy atom. The summed E-state index contributed by atoms with van der Waals surface area (Å²) in [5, 5.41) is 0. The number of hydrogen-bond acceptors (Lipinski definition) is 3. The second kappa shape index (κ2) is 5.13. The third kappa shape index (κ3) is 2.52. The van der Waals surface area contributed by atoms with E-state index in [1.807, 2.05) is 61.5 Å². The van der Waals surface area contributed by atoms with Gasteiger partial charge in [-0.1, -0.05) is 48.0 Å². The van der Waals surface area contributed by atoms with E-state index in [9.17, 15) is 4.79 Å². The van der Waals surface area contributed by atoms with Crippen LogP contribution < -0.4 is 5.63 Å². The summed E-state index contributed by atoms with van der Waals surface area (Å²) in [6.45, 7) is 2.01.